The first-order valence-electron chi connectivity index (χ1n) is 5.47. The Morgan fingerprint density at radius 3 is 1.92 bits per heavy atom. The van der Waals surface area contributed by atoms with Crippen molar-refractivity contribution in [2.24, 2.45) is 5.73 Å². The maximum Gasteiger partial charge on any atom is 0.119 e. The van der Waals surface area contributed by atoms with Crippen LogP contribution in [0.5, 0.6) is 0 Å². The molecule has 80 valence electrons. The summed E-state index contributed by atoms with van der Waals surface area (Å²) in [5, 5.41) is 0. The molecule has 0 aromatic carbocycles. The van der Waals surface area contributed by atoms with Gasteiger partial charge in [-0.3, -0.25) is 0 Å². The summed E-state index contributed by atoms with van der Waals surface area (Å²) in [6, 6.07) is 0. The summed E-state index contributed by atoms with van der Waals surface area (Å²) in [6.45, 7) is 5.14. The van der Waals surface area contributed by atoms with E-state index in [1.807, 2.05) is 0 Å². The van der Waals surface area contributed by atoms with Crippen LogP contribution in [-0.2, 0) is 4.79 Å². The number of hydrogen-bond acceptors (Lipinski definition) is 2. The third-order valence-electron chi connectivity index (χ3n) is 1.73. The zero-order chi connectivity index (χ0) is 10.4. The van der Waals surface area contributed by atoms with Gasteiger partial charge in [-0.05, 0) is 19.4 Å². The maximum absolute atomic E-state index is 9.77. The summed E-state index contributed by atoms with van der Waals surface area (Å²) >= 11 is 0. The normalized spacial score (nSPS) is 8.85. The molecule has 2 N–H and O–H groups in total. The van der Waals surface area contributed by atoms with Crippen molar-refractivity contribution >= 4 is 6.29 Å². The van der Waals surface area contributed by atoms with E-state index in [0.717, 1.165) is 25.7 Å². The van der Waals surface area contributed by atoms with E-state index in [4.69, 9.17) is 5.73 Å². The quantitative estimate of drug-likeness (QED) is 0.492. The van der Waals surface area contributed by atoms with Gasteiger partial charge in [0.25, 0.3) is 0 Å². The molecule has 0 unspecified atom stereocenters. The maximum atomic E-state index is 9.77. The van der Waals surface area contributed by atoms with Crippen LogP contribution in [0.3, 0.4) is 0 Å². The van der Waals surface area contributed by atoms with Crippen LogP contribution in [0.2, 0.25) is 0 Å². The fraction of sp³-hybridized carbons (Fsp3) is 0.909. The standard InChI is InChI=1S/C7H14O.C4H11N/c1-2-3-4-5-6-7-8;1-2-3-4-5/h7H,2-6H2,1H3;2-5H2,1H3. The number of rotatable bonds is 7. The second-order valence-electron chi connectivity index (χ2n) is 3.16. The lowest BCUT2D eigenvalue weighted by molar-refractivity contribution is -0.107. The van der Waals surface area contributed by atoms with Crippen molar-refractivity contribution in [3.8, 4) is 0 Å². The Hall–Kier alpha value is -0.370. The van der Waals surface area contributed by atoms with E-state index in [1.165, 1.54) is 32.1 Å². The molecule has 0 saturated heterocycles. The van der Waals surface area contributed by atoms with E-state index in [2.05, 4.69) is 13.8 Å². The van der Waals surface area contributed by atoms with Gasteiger partial charge < -0.3 is 10.5 Å². The van der Waals surface area contributed by atoms with E-state index in [1.54, 1.807) is 0 Å². The summed E-state index contributed by atoms with van der Waals surface area (Å²) in [6.07, 6.45) is 8.95. The average Bonchev–Trinajstić information content (AvgIpc) is 2.15. The van der Waals surface area contributed by atoms with Gasteiger partial charge in [-0.15, -0.1) is 0 Å². The lowest BCUT2D eigenvalue weighted by Gasteiger charge is -1.90. The number of carbonyl (C=O) groups is 1. The largest absolute Gasteiger partial charge is 0.330 e. The molecule has 2 nitrogen and oxygen atoms in total. The Morgan fingerprint density at radius 1 is 1.00 bits per heavy atom. The smallest absolute Gasteiger partial charge is 0.119 e. The molecule has 0 amide bonds. The van der Waals surface area contributed by atoms with E-state index in [-0.39, 0.29) is 0 Å². The molecular formula is C11H25NO. The molecule has 0 aliphatic carbocycles. The molecule has 0 atom stereocenters. The van der Waals surface area contributed by atoms with Crippen molar-refractivity contribution in [3.63, 3.8) is 0 Å². The fourth-order valence-electron chi connectivity index (χ4n) is 0.859. The Kier molecular flexibility index (Phi) is 20.5. The molecule has 0 bridgehead atoms. The summed E-state index contributed by atoms with van der Waals surface area (Å²) < 4.78 is 0. The lowest BCUT2D eigenvalue weighted by atomic mass is 10.2. The van der Waals surface area contributed by atoms with Crippen molar-refractivity contribution in [3.05, 3.63) is 0 Å². The monoisotopic (exact) mass is 187 g/mol. The number of hydrogen-bond donors (Lipinski definition) is 1. The predicted molar refractivity (Wildman–Crippen MR) is 58.8 cm³/mol. The van der Waals surface area contributed by atoms with Gasteiger partial charge in [-0.1, -0.05) is 39.5 Å². The third kappa shape index (κ3) is 24.5. The predicted octanol–water partition coefficient (Wildman–Crippen LogP) is 2.90. The second kappa shape index (κ2) is 17.6. The van der Waals surface area contributed by atoms with Gasteiger partial charge in [0, 0.05) is 6.42 Å². The number of carbonyl (C=O) groups excluding carboxylic acids is 1. The molecule has 0 fully saturated rings. The highest BCUT2D eigenvalue weighted by Crippen LogP contribution is 1.99. The Labute approximate surface area is 82.9 Å². The van der Waals surface area contributed by atoms with E-state index in [9.17, 15) is 4.79 Å². The molecule has 0 saturated carbocycles. The van der Waals surface area contributed by atoms with Crippen LogP contribution in [-0.4, -0.2) is 12.8 Å². The van der Waals surface area contributed by atoms with Gasteiger partial charge in [-0.25, -0.2) is 0 Å². The first kappa shape index (κ1) is 15.1. The SMILES string of the molecule is CCCCCCC=O.CCCCN. The number of unbranched alkanes of at least 4 members (excludes halogenated alkanes) is 5. The second-order valence-corrected chi connectivity index (χ2v) is 3.16. The van der Waals surface area contributed by atoms with Crippen molar-refractivity contribution in [2.75, 3.05) is 6.54 Å². The average molecular weight is 187 g/mol. The molecule has 0 spiro atoms. The molecule has 0 aliphatic heterocycles. The lowest BCUT2D eigenvalue weighted by Crippen LogP contribution is -1.95. The fourth-order valence-corrected chi connectivity index (χ4v) is 0.859. The van der Waals surface area contributed by atoms with Crippen LogP contribution in [0.15, 0.2) is 0 Å². The van der Waals surface area contributed by atoms with E-state index >= 15 is 0 Å². The minimum atomic E-state index is 0.750. The molecule has 0 aromatic rings. The van der Waals surface area contributed by atoms with Crippen LogP contribution in [0.25, 0.3) is 0 Å². The summed E-state index contributed by atoms with van der Waals surface area (Å²) in [4.78, 5) is 9.77. The molecule has 0 aliphatic rings. The van der Waals surface area contributed by atoms with Crippen molar-refractivity contribution in [1.82, 2.24) is 0 Å². The summed E-state index contributed by atoms with van der Waals surface area (Å²) in [5.41, 5.74) is 5.14. The van der Waals surface area contributed by atoms with Crippen molar-refractivity contribution in [2.45, 2.75) is 58.8 Å². The molecular weight excluding hydrogens is 162 g/mol. The zero-order valence-electron chi connectivity index (χ0n) is 9.22. The van der Waals surface area contributed by atoms with Crippen LogP contribution in [0.1, 0.15) is 58.8 Å². The molecule has 0 aromatic heterocycles. The Bertz CT molecular complexity index is 82.2. The van der Waals surface area contributed by atoms with Gasteiger partial charge in [0.2, 0.25) is 0 Å². The van der Waals surface area contributed by atoms with Gasteiger partial charge >= 0.3 is 0 Å². The van der Waals surface area contributed by atoms with Crippen LogP contribution in [0, 0.1) is 0 Å². The van der Waals surface area contributed by atoms with Gasteiger partial charge in [0.05, 0.1) is 0 Å². The number of nitrogens with two attached hydrogens (primary N) is 1. The molecule has 0 radical (unpaired) electrons. The Morgan fingerprint density at radius 2 is 1.62 bits per heavy atom. The van der Waals surface area contributed by atoms with Gasteiger partial charge in [0.1, 0.15) is 6.29 Å². The minimum Gasteiger partial charge on any atom is -0.330 e. The zero-order valence-corrected chi connectivity index (χ0v) is 9.22. The highest BCUT2D eigenvalue weighted by molar-refractivity contribution is 5.48. The molecule has 0 heterocycles. The molecule has 2 heteroatoms. The van der Waals surface area contributed by atoms with Crippen LogP contribution in [0.4, 0.5) is 0 Å². The highest BCUT2D eigenvalue weighted by atomic mass is 16.1. The van der Waals surface area contributed by atoms with E-state index < -0.39 is 0 Å². The van der Waals surface area contributed by atoms with Crippen molar-refractivity contribution < 1.29 is 4.79 Å². The van der Waals surface area contributed by atoms with Crippen LogP contribution >= 0.6 is 0 Å². The first-order valence-corrected chi connectivity index (χ1v) is 5.47. The van der Waals surface area contributed by atoms with Crippen LogP contribution < -0.4 is 5.73 Å². The topological polar surface area (TPSA) is 43.1 Å². The first-order chi connectivity index (χ1) is 6.33. The van der Waals surface area contributed by atoms with Gasteiger partial charge in [0.15, 0.2) is 0 Å². The van der Waals surface area contributed by atoms with Crippen molar-refractivity contribution in [1.29, 1.82) is 0 Å². The molecule has 0 rings (SSSR count). The van der Waals surface area contributed by atoms with Gasteiger partial charge in [-0.2, -0.15) is 0 Å². The number of aldehydes is 1. The Balaban J connectivity index is 0. The summed E-state index contributed by atoms with van der Waals surface area (Å²) in [7, 11) is 0. The van der Waals surface area contributed by atoms with E-state index in [0.29, 0.717) is 0 Å². The third-order valence-corrected chi connectivity index (χ3v) is 1.73. The highest BCUT2D eigenvalue weighted by Gasteiger charge is 1.83. The molecule has 13 heavy (non-hydrogen) atoms. The minimum absolute atomic E-state index is 0.750. The summed E-state index contributed by atoms with van der Waals surface area (Å²) in [5.74, 6) is 0.